The quantitative estimate of drug-likeness (QED) is 0.757. The van der Waals surface area contributed by atoms with Gasteiger partial charge in [0.2, 0.25) is 5.91 Å². The number of nitrogens with zero attached hydrogens (tertiary/aromatic N) is 2. The Kier molecular flexibility index (Phi) is 4.05. The van der Waals surface area contributed by atoms with Gasteiger partial charge in [0.15, 0.2) is 0 Å². The van der Waals surface area contributed by atoms with Gasteiger partial charge in [0.1, 0.15) is 0 Å². The minimum Gasteiger partial charge on any atom is -0.340 e. The van der Waals surface area contributed by atoms with E-state index in [0.717, 1.165) is 39.3 Å². The molecule has 0 aromatic rings. The van der Waals surface area contributed by atoms with Gasteiger partial charge in [-0.15, -0.1) is 0 Å². The molecule has 17 heavy (non-hydrogen) atoms. The van der Waals surface area contributed by atoms with Gasteiger partial charge < -0.3 is 10.2 Å². The molecule has 0 saturated carbocycles. The minimum absolute atomic E-state index is 0.209. The van der Waals surface area contributed by atoms with Crippen LogP contribution in [0.3, 0.4) is 0 Å². The number of hydrogen-bond acceptors (Lipinski definition) is 3. The SMILES string of the molecule is CC1CNCC1C(=O)N1CCN(C(C)C)CC1. The fourth-order valence-corrected chi connectivity index (χ4v) is 2.83. The summed E-state index contributed by atoms with van der Waals surface area (Å²) in [6.45, 7) is 12.3. The molecule has 4 heteroatoms. The smallest absolute Gasteiger partial charge is 0.227 e. The lowest BCUT2D eigenvalue weighted by atomic mass is 9.96. The number of hydrogen-bond donors (Lipinski definition) is 1. The molecule has 2 aliphatic heterocycles. The predicted molar refractivity (Wildman–Crippen MR) is 68.8 cm³/mol. The highest BCUT2D eigenvalue weighted by Gasteiger charge is 2.34. The first-order valence-electron chi connectivity index (χ1n) is 6.83. The molecule has 0 radical (unpaired) electrons. The summed E-state index contributed by atoms with van der Waals surface area (Å²) in [5.74, 6) is 1.07. The summed E-state index contributed by atoms with van der Waals surface area (Å²) < 4.78 is 0. The van der Waals surface area contributed by atoms with Gasteiger partial charge in [-0.3, -0.25) is 9.69 Å². The van der Waals surface area contributed by atoms with Crippen LogP contribution in [0.1, 0.15) is 20.8 Å². The second-order valence-corrected chi connectivity index (χ2v) is 5.70. The summed E-state index contributed by atoms with van der Waals surface area (Å²) in [4.78, 5) is 16.9. The number of piperazine rings is 1. The lowest BCUT2D eigenvalue weighted by Gasteiger charge is -2.38. The van der Waals surface area contributed by atoms with Crippen molar-refractivity contribution in [1.29, 1.82) is 0 Å². The third-order valence-electron chi connectivity index (χ3n) is 4.19. The molecule has 2 atom stereocenters. The van der Waals surface area contributed by atoms with Crippen molar-refractivity contribution in [3.05, 3.63) is 0 Å². The zero-order chi connectivity index (χ0) is 12.4. The minimum atomic E-state index is 0.209. The van der Waals surface area contributed by atoms with E-state index in [1.165, 1.54) is 0 Å². The zero-order valence-electron chi connectivity index (χ0n) is 11.3. The Morgan fingerprint density at radius 3 is 2.29 bits per heavy atom. The fourth-order valence-electron chi connectivity index (χ4n) is 2.83. The third kappa shape index (κ3) is 2.80. The Morgan fingerprint density at radius 2 is 1.82 bits per heavy atom. The molecule has 1 N–H and O–H groups in total. The molecule has 98 valence electrons. The van der Waals surface area contributed by atoms with Gasteiger partial charge in [0, 0.05) is 38.8 Å². The van der Waals surface area contributed by atoms with Crippen LogP contribution in [0.15, 0.2) is 0 Å². The van der Waals surface area contributed by atoms with Crippen LogP contribution in [0, 0.1) is 11.8 Å². The van der Waals surface area contributed by atoms with Crippen LogP contribution in [-0.4, -0.2) is 61.0 Å². The Labute approximate surface area is 104 Å². The average molecular weight is 239 g/mol. The highest BCUT2D eigenvalue weighted by Crippen LogP contribution is 2.19. The van der Waals surface area contributed by atoms with Gasteiger partial charge >= 0.3 is 0 Å². The van der Waals surface area contributed by atoms with Crippen LogP contribution in [0.5, 0.6) is 0 Å². The number of amides is 1. The normalized spacial score (nSPS) is 31.2. The van der Waals surface area contributed by atoms with Gasteiger partial charge in [0.25, 0.3) is 0 Å². The van der Waals surface area contributed by atoms with E-state index in [4.69, 9.17) is 0 Å². The van der Waals surface area contributed by atoms with E-state index >= 15 is 0 Å². The molecule has 4 nitrogen and oxygen atoms in total. The summed E-state index contributed by atoms with van der Waals surface area (Å²) in [5, 5.41) is 3.31. The Bertz CT molecular complexity index is 272. The molecule has 0 bridgehead atoms. The summed E-state index contributed by atoms with van der Waals surface area (Å²) in [5.41, 5.74) is 0. The molecular weight excluding hydrogens is 214 g/mol. The van der Waals surface area contributed by atoms with Gasteiger partial charge in [-0.2, -0.15) is 0 Å². The summed E-state index contributed by atoms with van der Waals surface area (Å²) in [6, 6.07) is 0.597. The van der Waals surface area contributed by atoms with Gasteiger partial charge in [-0.25, -0.2) is 0 Å². The maximum atomic E-state index is 12.4. The van der Waals surface area contributed by atoms with Crippen molar-refractivity contribution < 1.29 is 4.79 Å². The maximum Gasteiger partial charge on any atom is 0.227 e. The van der Waals surface area contributed by atoms with Crippen LogP contribution >= 0.6 is 0 Å². The number of rotatable bonds is 2. The van der Waals surface area contributed by atoms with Gasteiger partial charge in [0.05, 0.1) is 5.92 Å². The van der Waals surface area contributed by atoms with Crippen molar-refractivity contribution in [1.82, 2.24) is 15.1 Å². The highest BCUT2D eigenvalue weighted by molar-refractivity contribution is 5.79. The first-order valence-corrected chi connectivity index (χ1v) is 6.83. The number of carbonyl (C=O) groups is 1. The van der Waals surface area contributed by atoms with Gasteiger partial charge in [-0.1, -0.05) is 6.92 Å². The highest BCUT2D eigenvalue weighted by atomic mass is 16.2. The van der Waals surface area contributed by atoms with Crippen molar-refractivity contribution in [2.24, 2.45) is 11.8 Å². The van der Waals surface area contributed by atoms with Crippen LogP contribution in [0.25, 0.3) is 0 Å². The molecular formula is C13H25N3O. The van der Waals surface area contributed by atoms with E-state index in [2.05, 4.69) is 35.9 Å². The average Bonchev–Trinajstić information content (AvgIpc) is 2.74. The molecule has 0 aromatic heterocycles. The maximum absolute atomic E-state index is 12.4. The zero-order valence-corrected chi connectivity index (χ0v) is 11.3. The van der Waals surface area contributed by atoms with Crippen LogP contribution in [0.4, 0.5) is 0 Å². The van der Waals surface area contributed by atoms with E-state index in [1.54, 1.807) is 0 Å². The molecule has 2 heterocycles. The van der Waals surface area contributed by atoms with E-state index < -0.39 is 0 Å². The summed E-state index contributed by atoms with van der Waals surface area (Å²) in [6.07, 6.45) is 0. The van der Waals surface area contributed by atoms with Crippen LogP contribution in [-0.2, 0) is 4.79 Å². The Hall–Kier alpha value is -0.610. The molecule has 0 aromatic carbocycles. The molecule has 0 spiro atoms. The second kappa shape index (κ2) is 5.36. The standard InChI is InChI=1S/C13H25N3O/c1-10(2)15-4-6-16(7-5-15)13(17)12-9-14-8-11(12)3/h10-12,14H,4-9H2,1-3H3. The first kappa shape index (κ1) is 12.8. The fraction of sp³-hybridized carbons (Fsp3) is 0.923. The van der Waals surface area contributed by atoms with E-state index in [9.17, 15) is 4.79 Å². The van der Waals surface area contributed by atoms with Crippen molar-refractivity contribution in [2.75, 3.05) is 39.3 Å². The molecule has 0 aliphatic carbocycles. The first-order chi connectivity index (χ1) is 8.09. The van der Waals surface area contributed by atoms with Crippen molar-refractivity contribution in [2.45, 2.75) is 26.8 Å². The van der Waals surface area contributed by atoms with Crippen LogP contribution < -0.4 is 5.32 Å². The molecule has 2 aliphatic rings. The van der Waals surface area contributed by atoms with Crippen molar-refractivity contribution in [3.63, 3.8) is 0 Å². The van der Waals surface area contributed by atoms with Crippen molar-refractivity contribution >= 4 is 5.91 Å². The topological polar surface area (TPSA) is 35.6 Å². The van der Waals surface area contributed by atoms with E-state index in [-0.39, 0.29) is 5.92 Å². The van der Waals surface area contributed by atoms with Crippen LogP contribution in [0.2, 0.25) is 0 Å². The molecule has 2 rings (SSSR count). The second-order valence-electron chi connectivity index (χ2n) is 5.70. The number of carbonyl (C=O) groups excluding carboxylic acids is 1. The molecule has 2 unspecified atom stereocenters. The molecule has 2 fully saturated rings. The Balaban J connectivity index is 1.86. The lowest BCUT2D eigenvalue weighted by molar-refractivity contribution is -0.138. The van der Waals surface area contributed by atoms with E-state index in [0.29, 0.717) is 17.9 Å². The summed E-state index contributed by atoms with van der Waals surface area (Å²) in [7, 11) is 0. The van der Waals surface area contributed by atoms with Gasteiger partial charge in [-0.05, 0) is 26.3 Å². The number of nitrogens with one attached hydrogen (secondary N) is 1. The molecule has 1 amide bonds. The largest absolute Gasteiger partial charge is 0.340 e. The Morgan fingerprint density at radius 1 is 1.18 bits per heavy atom. The molecule has 2 saturated heterocycles. The third-order valence-corrected chi connectivity index (χ3v) is 4.19. The summed E-state index contributed by atoms with van der Waals surface area (Å²) >= 11 is 0. The predicted octanol–water partition coefficient (Wildman–Crippen LogP) is 0.395. The lowest BCUT2D eigenvalue weighted by Crippen LogP contribution is -2.52. The monoisotopic (exact) mass is 239 g/mol. The van der Waals surface area contributed by atoms with E-state index in [1.807, 2.05) is 0 Å². The van der Waals surface area contributed by atoms with Crippen molar-refractivity contribution in [3.8, 4) is 0 Å².